The van der Waals surface area contributed by atoms with Gasteiger partial charge in [-0.15, -0.1) is 10.5 Å². The lowest BCUT2D eigenvalue weighted by molar-refractivity contribution is 0.575. The summed E-state index contributed by atoms with van der Waals surface area (Å²) in [6.07, 6.45) is 12.0. The van der Waals surface area contributed by atoms with Crippen molar-refractivity contribution in [3.63, 3.8) is 0 Å². The lowest BCUT2D eigenvalue weighted by atomic mass is 10.0. The van der Waals surface area contributed by atoms with Crippen LogP contribution < -0.4 is 5.43 Å². The predicted octanol–water partition coefficient (Wildman–Crippen LogP) is 5.62. The first-order valence-electron chi connectivity index (χ1n) is 7.65. The molecule has 0 N–H and O–H groups in total. The van der Waals surface area contributed by atoms with E-state index in [-0.39, 0.29) is 0 Å². The quantitative estimate of drug-likeness (QED) is 0.516. The lowest BCUT2D eigenvalue weighted by Crippen LogP contribution is -1.88. The standard InChI is InChI=1S/C16H24N3/c1-2-3-4-5-6-7-8-9-11-14-12-10-13-15-16(14)18-19-17-15/h10,12-13H,2-9,11H2,1H3. The van der Waals surface area contributed by atoms with Crippen molar-refractivity contribution in [2.24, 2.45) is 10.3 Å². The van der Waals surface area contributed by atoms with E-state index in [0.717, 1.165) is 17.8 Å². The van der Waals surface area contributed by atoms with Crippen molar-refractivity contribution in [1.29, 1.82) is 0 Å². The lowest BCUT2D eigenvalue weighted by Gasteiger charge is -2.04. The molecule has 1 heterocycles. The molecular weight excluding hydrogens is 234 g/mol. The second-order valence-corrected chi connectivity index (χ2v) is 5.30. The summed E-state index contributed by atoms with van der Waals surface area (Å²) in [5.74, 6) is 0. The maximum absolute atomic E-state index is 4.11. The number of nitrogens with zero attached hydrogens (tertiary/aromatic N) is 3. The first-order valence-corrected chi connectivity index (χ1v) is 7.65. The topological polar surface area (TPSA) is 38.8 Å². The van der Waals surface area contributed by atoms with Gasteiger partial charge in [-0.05, 0) is 29.7 Å². The highest BCUT2D eigenvalue weighted by Gasteiger charge is 2.12. The minimum atomic E-state index is 0.928. The van der Waals surface area contributed by atoms with Crippen LogP contribution in [0, 0.1) is 0 Å². The molecule has 1 radical (unpaired) electrons. The first kappa shape index (κ1) is 14.0. The summed E-state index contributed by atoms with van der Waals surface area (Å²) in [4.78, 5) is 0. The average Bonchev–Trinajstić information content (AvgIpc) is 2.91. The zero-order valence-corrected chi connectivity index (χ0v) is 11.9. The summed E-state index contributed by atoms with van der Waals surface area (Å²) in [7, 11) is 0. The van der Waals surface area contributed by atoms with E-state index in [4.69, 9.17) is 0 Å². The number of unbranched alkanes of at least 4 members (excludes halogenated alkanes) is 7. The van der Waals surface area contributed by atoms with Gasteiger partial charge in [-0.25, -0.2) is 0 Å². The highest BCUT2D eigenvalue weighted by molar-refractivity contribution is 5.66. The SMILES string of the molecule is CCCCCCCCCCc1cccc2c1N=N[N]2. The second-order valence-electron chi connectivity index (χ2n) is 5.30. The van der Waals surface area contributed by atoms with E-state index < -0.39 is 0 Å². The third-order valence-corrected chi connectivity index (χ3v) is 3.70. The van der Waals surface area contributed by atoms with Crippen LogP contribution in [0.2, 0.25) is 0 Å². The molecule has 0 aliphatic carbocycles. The molecular formula is C16H24N3. The number of aryl methyl sites for hydroxylation is 1. The molecule has 0 amide bonds. The van der Waals surface area contributed by atoms with Crippen LogP contribution in [0.15, 0.2) is 28.5 Å². The van der Waals surface area contributed by atoms with Gasteiger partial charge in [0.25, 0.3) is 0 Å². The van der Waals surface area contributed by atoms with Gasteiger partial charge in [0.2, 0.25) is 0 Å². The largest absolute Gasteiger partial charge is 0.128 e. The zero-order valence-electron chi connectivity index (χ0n) is 11.9. The van der Waals surface area contributed by atoms with Crippen molar-refractivity contribution < 1.29 is 0 Å². The zero-order chi connectivity index (χ0) is 13.3. The molecule has 3 nitrogen and oxygen atoms in total. The third kappa shape index (κ3) is 4.34. The molecule has 2 rings (SSSR count). The van der Waals surface area contributed by atoms with E-state index in [1.165, 1.54) is 56.9 Å². The van der Waals surface area contributed by atoms with Crippen LogP contribution in [0.1, 0.15) is 63.9 Å². The molecule has 19 heavy (non-hydrogen) atoms. The molecule has 1 aliphatic heterocycles. The molecule has 0 saturated carbocycles. The van der Waals surface area contributed by atoms with Gasteiger partial charge < -0.3 is 0 Å². The fourth-order valence-electron chi connectivity index (χ4n) is 2.54. The van der Waals surface area contributed by atoms with E-state index in [1.807, 2.05) is 6.07 Å². The van der Waals surface area contributed by atoms with Crippen molar-refractivity contribution in [3.05, 3.63) is 23.8 Å². The van der Waals surface area contributed by atoms with Crippen LogP contribution in [-0.2, 0) is 6.42 Å². The van der Waals surface area contributed by atoms with Gasteiger partial charge in [0.1, 0.15) is 11.4 Å². The Morgan fingerprint density at radius 3 is 2.42 bits per heavy atom. The average molecular weight is 258 g/mol. The Morgan fingerprint density at radius 1 is 0.895 bits per heavy atom. The van der Waals surface area contributed by atoms with Gasteiger partial charge in [-0.2, -0.15) is 0 Å². The van der Waals surface area contributed by atoms with E-state index in [0.29, 0.717) is 0 Å². The van der Waals surface area contributed by atoms with Crippen LogP contribution in [0.3, 0.4) is 0 Å². The molecule has 0 spiro atoms. The molecule has 3 heteroatoms. The van der Waals surface area contributed by atoms with E-state index >= 15 is 0 Å². The Hall–Kier alpha value is -1.38. The molecule has 1 aromatic carbocycles. The monoisotopic (exact) mass is 258 g/mol. The Bertz CT molecular complexity index is 412. The van der Waals surface area contributed by atoms with Gasteiger partial charge in [0.05, 0.1) is 0 Å². The first-order chi connectivity index (χ1) is 9.42. The fourth-order valence-corrected chi connectivity index (χ4v) is 2.54. The molecule has 1 aliphatic rings. The molecule has 0 saturated heterocycles. The summed E-state index contributed by atoms with van der Waals surface area (Å²) >= 11 is 0. The molecule has 0 aromatic heterocycles. The summed E-state index contributed by atoms with van der Waals surface area (Å²) in [5.41, 5.74) is 7.22. The summed E-state index contributed by atoms with van der Waals surface area (Å²) in [5, 5.41) is 7.85. The van der Waals surface area contributed by atoms with Crippen LogP contribution in [-0.4, -0.2) is 0 Å². The van der Waals surface area contributed by atoms with Crippen molar-refractivity contribution >= 4 is 11.4 Å². The smallest absolute Gasteiger partial charge is 0.118 e. The maximum atomic E-state index is 4.11. The fraction of sp³-hybridized carbons (Fsp3) is 0.625. The number of hydrogen-bond donors (Lipinski definition) is 0. The summed E-state index contributed by atoms with van der Waals surface area (Å²) in [6.45, 7) is 2.27. The highest BCUT2D eigenvalue weighted by Crippen LogP contribution is 2.34. The van der Waals surface area contributed by atoms with Crippen LogP contribution in [0.25, 0.3) is 0 Å². The Labute approximate surface area is 116 Å². The third-order valence-electron chi connectivity index (χ3n) is 3.70. The van der Waals surface area contributed by atoms with Crippen LogP contribution in [0.4, 0.5) is 11.4 Å². The normalized spacial score (nSPS) is 12.5. The van der Waals surface area contributed by atoms with Gasteiger partial charge in [0, 0.05) is 0 Å². The second kappa shape index (κ2) is 7.93. The van der Waals surface area contributed by atoms with Gasteiger partial charge in [0.15, 0.2) is 0 Å². The Balaban J connectivity index is 1.61. The number of benzene rings is 1. The molecule has 0 bridgehead atoms. The van der Waals surface area contributed by atoms with Crippen molar-refractivity contribution in [3.8, 4) is 0 Å². The molecule has 0 atom stereocenters. The van der Waals surface area contributed by atoms with Gasteiger partial charge in [-0.1, -0.05) is 64.0 Å². The van der Waals surface area contributed by atoms with E-state index in [1.54, 1.807) is 0 Å². The molecule has 1 aromatic rings. The van der Waals surface area contributed by atoms with Crippen LogP contribution in [0.5, 0.6) is 0 Å². The Kier molecular flexibility index (Phi) is 5.86. The number of rotatable bonds is 9. The Morgan fingerprint density at radius 2 is 1.63 bits per heavy atom. The van der Waals surface area contributed by atoms with E-state index in [9.17, 15) is 0 Å². The minimum absolute atomic E-state index is 0.928. The summed E-state index contributed by atoms with van der Waals surface area (Å²) < 4.78 is 0. The van der Waals surface area contributed by atoms with Crippen molar-refractivity contribution in [2.75, 3.05) is 0 Å². The summed E-state index contributed by atoms with van der Waals surface area (Å²) in [6, 6.07) is 6.19. The van der Waals surface area contributed by atoms with Crippen LogP contribution >= 0.6 is 0 Å². The molecule has 0 fully saturated rings. The minimum Gasteiger partial charge on any atom is -0.128 e. The maximum Gasteiger partial charge on any atom is 0.118 e. The predicted molar refractivity (Wildman–Crippen MR) is 79.1 cm³/mol. The highest BCUT2D eigenvalue weighted by atomic mass is 15.5. The van der Waals surface area contributed by atoms with Gasteiger partial charge in [-0.3, -0.25) is 0 Å². The molecule has 0 unspecified atom stereocenters. The van der Waals surface area contributed by atoms with E-state index in [2.05, 4.69) is 34.8 Å². The number of fused-ring (bicyclic) bond motifs is 1. The van der Waals surface area contributed by atoms with Gasteiger partial charge >= 0.3 is 0 Å². The van der Waals surface area contributed by atoms with Crippen molar-refractivity contribution in [2.45, 2.75) is 64.7 Å². The molecule has 103 valence electrons. The van der Waals surface area contributed by atoms with Crippen molar-refractivity contribution in [1.82, 2.24) is 5.43 Å². The number of hydrogen-bond acceptors (Lipinski definition) is 2.